The molecule has 3 heteroatoms. The highest BCUT2D eigenvalue weighted by molar-refractivity contribution is 7.11. The van der Waals surface area contributed by atoms with Crippen LogP contribution < -0.4 is 0 Å². The van der Waals surface area contributed by atoms with Crippen molar-refractivity contribution in [2.24, 2.45) is 5.92 Å². The molecule has 0 saturated carbocycles. The molecule has 2 aliphatic rings. The molecular weight excluding hydrogens is 230 g/mol. The third-order valence-corrected chi connectivity index (χ3v) is 4.98. The van der Waals surface area contributed by atoms with E-state index in [-0.39, 0.29) is 0 Å². The second-order valence-electron chi connectivity index (χ2n) is 5.52. The van der Waals surface area contributed by atoms with Gasteiger partial charge in [-0.1, -0.05) is 0 Å². The van der Waals surface area contributed by atoms with Gasteiger partial charge in [-0.05, 0) is 51.3 Å². The molecule has 0 unspecified atom stereocenters. The molecule has 3 atom stereocenters. The summed E-state index contributed by atoms with van der Waals surface area (Å²) in [7, 11) is 0. The number of nitrogens with zero attached hydrogens (tertiary/aromatic N) is 1. The first-order chi connectivity index (χ1) is 8.20. The third-order valence-electron chi connectivity index (χ3n) is 4.00. The summed E-state index contributed by atoms with van der Waals surface area (Å²) in [5, 5.41) is 0. The van der Waals surface area contributed by atoms with Crippen LogP contribution in [0.4, 0.5) is 0 Å². The monoisotopic (exact) mass is 251 g/mol. The lowest BCUT2D eigenvalue weighted by atomic mass is 9.92. The summed E-state index contributed by atoms with van der Waals surface area (Å²) in [6, 6.07) is 4.49. The van der Waals surface area contributed by atoms with E-state index in [2.05, 4.69) is 30.9 Å². The summed E-state index contributed by atoms with van der Waals surface area (Å²) in [5.41, 5.74) is 0. The summed E-state index contributed by atoms with van der Waals surface area (Å²) in [6.07, 6.45) is 3.57. The minimum Gasteiger partial charge on any atom is -0.374 e. The van der Waals surface area contributed by atoms with Crippen molar-refractivity contribution in [2.75, 3.05) is 13.1 Å². The predicted molar refractivity (Wildman–Crippen MR) is 71.4 cm³/mol. The number of likely N-dealkylation sites (tertiary alicyclic amines) is 1. The average Bonchev–Trinajstić information content (AvgIpc) is 2.83. The molecule has 0 bridgehead atoms. The fourth-order valence-corrected chi connectivity index (χ4v) is 4.10. The lowest BCUT2D eigenvalue weighted by Gasteiger charge is -2.33. The number of hydrogen-bond acceptors (Lipinski definition) is 3. The van der Waals surface area contributed by atoms with Gasteiger partial charge in [-0.3, -0.25) is 4.90 Å². The number of thiophene rings is 1. The van der Waals surface area contributed by atoms with E-state index in [9.17, 15) is 0 Å². The number of hydrogen-bond donors (Lipinski definition) is 0. The van der Waals surface area contributed by atoms with Gasteiger partial charge in [-0.25, -0.2) is 0 Å². The first kappa shape index (κ1) is 11.7. The van der Waals surface area contributed by atoms with Gasteiger partial charge in [0.2, 0.25) is 0 Å². The molecule has 0 aromatic carbocycles. The molecule has 3 rings (SSSR count). The molecular formula is C14H21NOS. The molecule has 2 nitrogen and oxygen atoms in total. The Bertz CT molecular complexity index is 389. The second kappa shape index (κ2) is 4.71. The van der Waals surface area contributed by atoms with Crippen LogP contribution in [0.25, 0.3) is 0 Å². The number of ether oxygens (including phenoxy) is 1. The minimum absolute atomic E-state index is 0.480. The van der Waals surface area contributed by atoms with Crippen molar-refractivity contribution in [3.63, 3.8) is 0 Å². The number of piperidine rings is 1. The van der Waals surface area contributed by atoms with Gasteiger partial charge >= 0.3 is 0 Å². The Kier molecular flexibility index (Phi) is 3.24. The second-order valence-corrected chi connectivity index (χ2v) is 6.89. The van der Waals surface area contributed by atoms with Gasteiger partial charge in [-0.15, -0.1) is 11.3 Å². The van der Waals surface area contributed by atoms with Crippen LogP contribution in [0.1, 0.15) is 29.5 Å². The van der Waals surface area contributed by atoms with Crippen LogP contribution in [0.5, 0.6) is 0 Å². The highest BCUT2D eigenvalue weighted by atomic mass is 32.1. The molecule has 2 saturated heterocycles. The summed E-state index contributed by atoms with van der Waals surface area (Å²) < 4.78 is 6.00. The fraction of sp³-hybridized carbons (Fsp3) is 0.714. The molecule has 0 radical (unpaired) electrons. The van der Waals surface area contributed by atoms with Gasteiger partial charge in [-0.2, -0.15) is 0 Å². The Morgan fingerprint density at radius 1 is 1.47 bits per heavy atom. The zero-order chi connectivity index (χ0) is 11.8. The van der Waals surface area contributed by atoms with E-state index in [1.54, 1.807) is 0 Å². The standard InChI is InChI=1S/C14H21NOS/c1-10-7-12-5-6-15(9-14(12)16-10)8-13-4-3-11(2)17-13/h3-4,10,12,14H,5-9H2,1-2H3/t10-,12-,14+/m0/s1. The van der Waals surface area contributed by atoms with Crippen LogP contribution in [0.2, 0.25) is 0 Å². The highest BCUT2D eigenvalue weighted by Crippen LogP contribution is 2.33. The molecule has 0 aliphatic carbocycles. The van der Waals surface area contributed by atoms with Crippen LogP contribution in [0.3, 0.4) is 0 Å². The smallest absolute Gasteiger partial charge is 0.0735 e. The van der Waals surface area contributed by atoms with Crippen molar-refractivity contribution in [3.05, 3.63) is 21.9 Å². The van der Waals surface area contributed by atoms with E-state index in [0.717, 1.165) is 19.0 Å². The topological polar surface area (TPSA) is 12.5 Å². The van der Waals surface area contributed by atoms with Gasteiger partial charge in [0.15, 0.2) is 0 Å². The van der Waals surface area contributed by atoms with Crippen molar-refractivity contribution in [1.29, 1.82) is 0 Å². The molecule has 0 N–H and O–H groups in total. The Balaban J connectivity index is 1.59. The Morgan fingerprint density at radius 3 is 3.12 bits per heavy atom. The first-order valence-corrected chi connectivity index (χ1v) is 7.45. The van der Waals surface area contributed by atoms with E-state index in [0.29, 0.717) is 12.2 Å². The molecule has 2 aliphatic heterocycles. The molecule has 1 aromatic heterocycles. The zero-order valence-electron chi connectivity index (χ0n) is 10.7. The van der Waals surface area contributed by atoms with Gasteiger partial charge < -0.3 is 4.74 Å². The van der Waals surface area contributed by atoms with Gasteiger partial charge in [0.25, 0.3) is 0 Å². The summed E-state index contributed by atoms with van der Waals surface area (Å²) >= 11 is 1.92. The summed E-state index contributed by atoms with van der Waals surface area (Å²) in [5.74, 6) is 0.825. The van der Waals surface area contributed by atoms with Crippen molar-refractivity contribution in [1.82, 2.24) is 4.90 Å². The maximum Gasteiger partial charge on any atom is 0.0735 e. The van der Waals surface area contributed by atoms with Gasteiger partial charge in [0, 0.05) is 22.8 Å². The lowest BCUT2D eigenvalue weighted by molar-refractivity contribution is -0.00251. The van der Waals surface area contributed by atoms with Crippen LogP contribution in [-0.2, 0) is 11.3 Å². The maximum atomic E-state index is 6.00. The Labute approximate surface area is 108 Å². The largest absolute Gasteiger partial charge is 0.374 e. The molecule has 3 heterocycles. The SMILES string of the molecule is Cc1ccc(CN2CC[C@H]3C[C@H](C)O[C@@H]3C2)s1. The van der Waals surface area contributed by atoms with E-state index in [4.69, 9.17) is 4.74 Å². The molecule has 17 heavy (non-hydrogen) atoms. The van der Waals surface area contributed by atoms with Crippen molar-refractivity contribution in [2.45, 2.75) is 45.4 Å². The normalized spacial score (nSPS) is 33.9. The number of rotatable bonds is 2. The minimum atomic E-state index is 0.480. The Morgan fingerprint density at radius 2 is 2.35 bits per heavy atom. The molecule has 94 valence electrons. The highest BCUT2D eigenvalue weighted by Gasteiger charge is 2.37. The van der Waals surface area contributed by atoms with Crippen LogP contribution in [-0.4, -0.2) is 30.2 Å². The quantitative estimate of drug-likeness (QED) is 0.801. The van der Waals surface area contributed by atoms with Crippen LogP contribution >= 0.6 is 11.3 Å². The summed E-state index contributed by atoms with van der Waals surface area (Å²) in [6.45, 7) is 7.88. The van der Waals surface area contributed by atoms with E-state index >= 15 is 0 Å². The van der Waals surface area contributed by atoms with Crippen molar-refractivity contribution < 1.29 is 4.74 Å². The average molecular weight is 251 g/mol. The third kappa shape index (κ3) is 2.56. The van der Waals surface area contributed by atoms with E-state index in [1.165, 1.54) is 29.1 Å². The number of fused-ring (bicyclic) bond motifs is 1. The van der Waals surface area contributed by atoms with Crippen molar-refractivity contribution in [3.8, 4) is 0 Å². The zero-order valence-corrected chi connectivity index (χ0v) is 11.5. The first-order valence-electron chi connectivity index (χ1n) is 6.64. The summed E-state index contributed by atoms with van der Waals surface area (Å²) in [4.78, 5) is 5.47. The molecule has 0 amide bonds. The maximum absolute atomic E-state index is 6.00. The van der Waals surface area contributed by atoms with E-state index in [1.807, 2.05) is 11.3 Å². The van der Waals surface area contributed by atoms with Crippen LogP contribution in [0, 0.1) is 12.8 Å². The fourth-order valence-electron chi connectivity index (χ4n) is 3.17. The molecule has 2 fully saturated rings. The molecule has 0 spiro atoms. The van der Waals surface area contributed by atoms with Gasteiger partial charge in [0.05, 0.1) is 12.2 Å². The molecule has 1 aromatic rings. The van der Waals surface area contributed by atoms with Crippen molar-refractivity contribution >= 4 is 11.3 Å². The lowest BCUT2D eigenvalue weighted by Crippen LogP contribution is -2.41. The van der Waals surface area contributed by atoms with Crippen LogP contribution in [0.15, 0.2) is 12.1 Å². The van der Waals surface area contributed by atoms with Gasteiger partial charge in [0.1, 0.15) is 0 Å². The Hall–Kier alpha value is -0.380. The van der Waals surface area contributed by atoms with E-state index < -0.39 is 0 Å². The number of aryl methyl sites for hydroxylation is 1. The predicted octanol–water partition coefficient (Wildman–Crippen LogP) is 3.06.